The Kier molecular flexibility index (Phi) is 23.3. The topological polar surface area (TPSA) is 77.2 Å². The van der Waals surface area contributed by atoms with Crippen molar-refractivity contribution >= 4 is 17.3 Å². The number of hydrogen-bond acceptors (Lipinski definition) is 4. The first-order valence-corrected chi connectivity index (χ1v) is 10.2. The molecule has 0 heterocycles. The van der Waals surface area contributed by atoms with Crippen LogP contribution < -0.4 is 5.73 Å². The maximum absolute atomic E-state index is 10.6. The quantitative estimate of drug-likeness (QED) is 0.624. The summed E-state index contributed by atoms with van der Waals surface area (Å²) in [4.78, 5) is 31.5. The van der Waals surface area contributed by atoms with E-state index in [2.05, 4.69) is 0 Å². The molecule has 0 aliphatic carbocycles. The Morgan fingerprint density at radius 2 is 0.966 bits per heavy atom. The van der Waals surface area contributed by atoms with Crippen LogP contribution in [0.3, 0.4) is 0 Å². The molecule has 0 aromatic heterocycles. The van der Waals surface area contributed by atoms with Crippen molar-refractivity contribution in [1.29, 1.82) is 0 Å². The molecule has 29 heavy (non-hydrogen) atoms. The van der Waals surface area contributed by atoms with Gasteiger partial charge in [-0.2, -0.15) is 0 Å². The zero-order valence-corrected chi connectivity index (χ0v) is 19.4. The Hall–Kier alpha value is -2.59. The third kappa shape index (κ3) is 18.5. The molecule has 0 aliphatic heterocycles. The highest BCUT2D eigenvalue weighted by molar-refractivity contribution is 5.94. The Morgan fingerprint density at radius 3 is 1.07 bits per heavy atom. The largest absolute Gasteiger partial charge is 0.322 e. The van der Waals surface area contributed by atoms with Crippen molar-refractivity contribution in [2.24, 2.45) is 5.73 Å². The molecule has 0 radical (unpaired) electrons. The summed E-state index contributed by atoms with van der Waals surface area (Å²) in [6.45, 7) is 14.5. The molecule has 4 nitrogen and oxygen atoms in total. The van der Waals surface area contributed by atoms with E-state index in [4.69, 9.17) is 5.73 Å². The molecule has 0 bridgehead atoms. The Bertz CT molecular complexity index is 603. The fourth-order valence-electron chi connectivity index (χ4n) is 1.63. The van der Waals surface area contributed by atoms with Crippen molar-refractivity contribution < 1.29 is 14.4 Å². The van der Waals surface area contributed by atoms with Gasteiger partial charge >= 0.3 is 0 Å². The molecular formula is C25H39NO3. The highest BCUT2D eigenvalue weighted by Crippen LogP contribution is 1.98. The molecule has 0 fully saturated rings. The zero-order chi connectivity index (χ0) is 23.2. The first kappa shape index (κ1) is 31.1. The maximum atomic E-state index is 10.6. The monoisotopic (exact) mass is 401 g/mol. The number of carbonyl (C=O) groups is 3. The molecule has 2 rings (SSSR count). The van der Waals surface area contributed by atoms with Crippen LogP contribution in [0.15, 0.2) is 60.7 Å². The van der Waals surface area contributed by atoms with E-state index in [1.807, 2.05) is 95.3 Å². The van der Waals surface area contributed by atoms with Gasteiger partial charge in [-0.05, 0) is 27.2 Å². The normalized spacial score (nSPS) is 9.28. The molecule has 0 saturated carbocycles. The second kappa shape index (κ2) is 21.7. The van der Waals surface area contributed by atoms with E-state index in [1.54, 1.807) is 13.8 Å². The fraction of sp³-hybridized carbons (Fsp3) is 0.400. The molecule has 2 aromatic rings. The summed E-state index contributed by atoms with van der Waals surface area (Å²) < 4.78 is 0. The van der Waals surface area contributed by atoms with Crippen molar-refractivity contribution in [2.75, 3.05) is 0 Å². The number of rotatable bonds is 4. The Morgan fingerprint density at radius 1 is 0.690 bits per heavy atom. The SMILES string of the molecule is CC.CC.CC(=O)c1ccccc1.CC(=O)c1ccccc1.CC[C@@H](N)C(C)=O. The van der Waals surface area contributed by atoms with Gasteiger partial charge in [-0.25, -0.2) is 0 Å². The number of Topliss-reactive ketones (excluding diaryl/α,β-unsaturated/α-hetero) is 3. The molecule has 2 N–H and O–H groups in total. The lowest BCUT2D eigenvalue weighted by molar-refractivity contribution is -0.118. The van der Waals surface area contributed by atoms with Gasteiger partial charge in [0.05, 0.1) is 6.04 Å². The number of hydrogen-bond donors (Lipinski definition) is 1. The highest BCUT2D eigenvalue weighted by Gasteiger charge is 2.01. The molecule has 2 aromatic carbocycles. The predicted molar refractivity (Wildman–Crippen MR) is 125 cm³/mol. The van der Waals surface area contributed by atoms with Gasteiger partial charge in [0.15, 0.2) is 11.6 Å². The molecule has 1 atom stereocenters. The average Bonchev–Trinajstić information content (AvgIpc) is 2.78. The van der Waals surface area contributed by atoms with Crippen molar-refractivity contribution in [3.63, 3.8) is 0 Å². The van der Waals surface area contributed by atoms with E-state index in [9.17, 15) is 14.4 Å². The summed E-state index contributed by atoms with van der Waals surface area (Å²) in [5.74, 6) is 0.314. The van der Waals surface area contributed by atoms with Crippen LogP contribution in [-0.2, 0) is 4.79 Å². The van der Waals surface area contributed by atoms with Gasteiger partial charge in [-0.15, -0.1) is 0 Å². The summed E-state index contributed by atoms with van der Waals surface area (Å²) in [6, 6.07) is 18.2. The Labute approximate surface area is 177 Å². The minimum absolute atomic E-state index is 0.0718. The Balaban J connectivity index is -0.000000324. The molecule has 0 aliphatic rings. The van der Waals surface area contributed by atoms with Crippen LogP contribution in [0.2, 0.25) is 0 Å². The summed E-state index contributed by atoms with van der Waals surface area (Å²) in [6.07, 6.45) is 0.745. The molecule has 0 saturated heterocycles. The van der Waals surface area contributed by atoms with Crippen LogP contribution in [0.5, 0.6) is 0 Å². The van der Waals surface area contributed by atoms with Crippen molar-refractivity contribution in [2.45, 2.75) is 67.9 Å². The first-order valence-electron chi connectivity index (χ1n) is 10.2. The maximum Gasteiger partial charge on any atom is 0.159 e. The molecule has 0 amide bonds. The fourth-order valence-corrected chi connectivity index (χ4v) is 1.63. The standard InChI is InChI=1S/2C8H8O.C5H11NO.2C2H6/c2*1-7(9)8-5-3-2-4-6-8;1-3-5(6)4(2)7;2*1-2/h2*2-6H,1H3;5H,3,6H2,1-2H3;2*1-2H3/t;;5-;;/m..1../s1. The number of carbonyl (C=O) groups excluding carboxylic acids is 3. The lowest BCUT2D eigenvalue weighted by atomic mass is 10.2. The number of benzene rings is 2. The summed E-state index contributed by atoms with van der Waals surface area (Å²) in [5.41, 5.74) is 6.82. The van der Waals surface area contributed by atoms with Gasteiger partial charge in [0.1, 0.15) is 5.78 Å². The van der Waals surface area contributed by atoms with Gasteiger partial charge in [0.2, 0.25) is 0 Å². The van der Waals surface area contributed by atoms with E-state index >= 15 is 0 Å². The smallest absolute Gasteiger partial charge is 0.159 e. The van der Waals surface area contributed by atoms with Crippen molar-refractivity contribution in [1.82, 2.24) is 0 Å². The summed E-state index contributed by atoms with van der Waals surface area (Å²) in [7, 11) is 0. The molecule has 162 valence electrons. The minimum atomic E-state index is -0.236. The third-order valence-corrected chi connectivity index (χ3v) is 3.32. The molecule has 0 unspecified atom stereocenters. The third-order valence-electron chi connectivity index (χ3n) is 3.32. The van der Waals surface area contributed by atoms with Crippen LogP contribution >= 0.6 is 0 Å². The van der Waals surface area contributed by atoms with Gasteiger partial charge < -0.3 is 5.73 Å². The lowest BCUT2D eigenvalue weighted by Crippen LogP contribution is -2.26. The van der Waals surface area contributed by atoms with Gasteiger partial charge in [-0.3, -0.25) is 14.4 Å². The van der Waals surface area contributed by atoms with Crippen LogP contribution in [-0.4, -0.2) is 23.4 Å². The summed E-state index contributed by atoms with van der Waals surface area (Å²) >= 11 is 0. The van der Waals surface area contributed by atoms with Crippen molar-refractivity contribution in [3.05, 3.63) is 71.8 Å². The predicted octanol–water partition coefficient (Wildman–Crippen LogP) is 6.14. The van der Waals surface area contributed by atoms with Gasteiger partial charge in [0, 0.05) is 11.1 Å². The van der Waals surface area contributed by atoms with Crippen LogP contribution in [0.4, 0.5) is 0 Å². The molecule has 0 spiro atoms. The molecular weight excluding hydrogens is 362 g/mol. The average molecular weight is 402 g/mol. The van der Waals surface area contributed by atoms with Gasteiger partial charge in [-0.1, -0.05) is 95.3 Å². The molecule has 4 heteroatoms. The lowest BCUT2D eigenvalue weighted by Gasteiger charge is -1.99. The highest BCUT2D eigenvalue weighted by atomic mass is 16.1. The van der Waals surface area contributed by atoms with Crippen LogP contribution in [0.25, 0.3) is 0 Å². The second-order valence-electron chi connectivity index (χ2n) is 5.47. The minimum Gasteiger partial charge on any atom is -0.322 e. The van der Waals surface area contributed by atoms with Gasteiger partial charge in [0.25, 0.3) is 0 Å². The number of ketones is 3. The second-order valence-corrected chi connectivity index (χ2v) is 5.47. The van der Waals surface area contributed by atoms with Crippen LogP contribution in [0.1, 0.15) is 82.5 Å². The van der Waals surface area contributed by atoms with E-state index < -0.39 is 0 Å². The van der Waals surface area contributed by atoms with E-state index in [1.165, 1.54) is 6.92 Å². The van der Waals surface area contributed by atoms with E-state index in [-0.39, 0.29) is 23.4 Å². The van der Waals surface area contributed by atoms with E-state index in [0.717, 1.165) is 17.5 Å². The zero-order valence-electron chi connectivity index (χ0n) is 19.4. The van der Waals surface area contributed by atoms with E-state index in [0.29, 0.717) is 0 Å². The number of nitrogens with two attached hydrogens (primary N) is 1. The van der Waals surface area contributed by atoms with Crippen molar-refractivity contribution in [3.8, 4) is 0 Å². The first-order chi connectivity index (χ1) is 13.8. The summed E-state index contributed by atoms with van der Waals surface area (Å²) in [5, 5.41) is 0. The van der Waals surface area contributed by atoms with Crippen LogP contribution in [0, 0.1) is 0 Å².